The molecule has 1 aromatic heterocycles. The molecule has 0 aliphatic heterocycles. The Morgan fingerprint density at radius 3 is 2.58 bits per heavy atom. The second-order valence-corrected chi connectivity index (χ2v) is 6.67. The minimum absolute atomic E-state index is 0.0595. The van der Waals surface area contributed by atoms with Crippen molar-refractivity contribution >= 4 is 9.84 Å². The highest BCUT2D eigenvalue weighted by Gasteiger charge is 2.17. The highest BCUT2D eigenvalue weighted by molar-refractivity contribution is 7.90. The van der Waals surface area contributed by atoms with Crippen LogP contribution in [-0.2, 0) is 9.84 Å². The summed E-state index contributed by atoms with van der Waals surface area (Å²) < 4.78 is 24.5. The van der Waals surface area contributed by atoms with Crippen LogP contribution in [0.1, 0.15) is 11.6 Å². The Kier molecular flexibility index (Phi) is 4.01. The normalized spacial score (nSPS) is 13.4. The lowest BCUT2D eigenvalue weighted by atomic mass is 10.2. The van der Waals surface area contributed by atoms with Crippen molar-refractivity contribution in [3.05, 3.63) is 48.3 Å². The molecule has 0 radical (unpaired) electrons. The lowest BCUT2D eigenvalue weighted by Crippen LogP contribution is -2.24. The highest BCUT2D eigenvalue weighted by atomic mass is 32.2. The third kappa shape index (κ3) is 3.65. The monoisotopic (exact) mass is 279 g/mol. The van der Waals surface area contributed by atoms with Gasteiger partial charge in [0.05, 0.1) is 17.6 Å². The van der Waals surface area contributed by atoms with Crippen molar-refractivity contribution in [1.29, 1.82) is 0 Å². The molecule has 1 unspecified atom stereocenters. The lowest BCUT2D eigenvalue weighted by Gasteiger charge is -2.12. The zero-order valence-corrected chi connectivity index (χ0v) is 11.8. The zero-order chi connectivity index (χ0) is 13.9. The fraction of sp³-hybridized carbons (Fsp3) is 0.308. The Morgan fingerprint density at radius 2 is 2.00 bits per heavy atom. The third-order valence-corrected chi connectivity index (χ3v) is 3.78. The van der Waals surface area contributed by atoms with Gasteiger partial charge in [-0.05, 0) is 19.2 Å². The molecule has 1 heterocycles. The summed E-state index contributed by atoms with van der Waals surface area (Å²) >= 11 is 0. The predicted molar refractivity (Wildman–Crippen MR) is 75.1 cm³/mol. The molecule has 2 aromatic rings. The quantitative estimate of drug-likeness (QED) is 0.892. The first-order valence-electron chi connectivity index (χ1n) is 5.94. The predicted octanol–water partition coefficient (Wildman–Crippen LogP) is 1.18. The Labute approximate surface area is 113 Å². The van der Waals surface area contributed by atoms with E-state index < -0.39 is 9.84 Å². The van der Waals surface area contributed by atoms with E-state index in [2.05, 4.69) is 10.4 Å². The number of rotatable bonds is 5. The number of para-hydroxylation sites is 1. The average Bonchev–Trinajstić information content (AvgIpc) is 2.85. The molecule has 1 aromatic carbocycles. The number of aromatic nitrogens is 2. The van der Waals surface area contributed by atoms with Gasteiger partial charge < -0.3 is 5.32 Å². The molecule has 0 spiro atoms. The van der Waals surface area contributed by atoms with E-state index in [1.54, 1.807) is 17.9 Å². The van der Waals surface area contributed by atoms with Crippen molar-refractivity contribution in [2.24, 2.45) is 0 Å². The van der Waals surface area contributed by atoms with Gasteiger partial charge in [0.1, 0.15) is 9.84 Å². The molecule has 6 heteroatoms. The van der Waals surface area contributed by atoms with Crippen LogP contribution in [0.25, 0.3) is 5.69 Å². The molecular weight excluding hydrogens is 262 g/mol. The van der Waals surface area contributed by atoms with E-state index in [-0.39, 0.29) is 11.8 Å². The Hall–Kier alpha value is -1.66. The van der Waals surface area contributed by atoms with E-state index >= 15 is 0 Å². The standard InChI is InChI=1S/C13H17N3O2S/c1-14-13(10-19(2,17)18)11-8-15-16(9-11)12-6-4-3-5-7-12/h3-9,13-14H,10H2,1-2H3. The highest BCUT2D eigenvalue weighted by Crippen LogP contribution is 2.16. The van der Waals surface area contributed by atoms with Gasteiger partial charge in [-0.15, -0.1) is 0 Å². The number of hydrogen-bond donors (Lipinski definition) is 1. The maximum absolute atomic E-state index is 11.4. The van der Waals surface area contributed by atoms with Gasteiger partial charge in [-0.3, -0.25) is 0 Å². The summed E-state index contributed by atoms with van der Waals surface area (Å²) in [6, 6.07) is 9.45. The van der Waals surface area contributed by atoms with Crippen LogP contribution in [0.4, 0.5) is 0 Å². The zero-order valence-electron chi connectivity index (χ0n) is 10.9. The van der Waals surface area contributed by atoms with Crippen molar-refractivity contribution in [1.82, 2.24) is 15.1 Å². The van der Waals surface area contributed by atoms with Gasteiger partial charge in [0.2, 0.25) is 0 Å². The summed E-state index contributed by atoms with van der Waals surface area (Å²) in [6.45, 7) is 0. The minimum Gasteiger partial charge on any atom is -0.312 e. The molecule has 0 fully saturated rings. The number of nitrogens with one attached hydrogen (secondary N) is 1. The van der Waals surface area contributed by atoms with Crippen LogP contribution in [0.3, 0.4) is 0 Å². The van der Waals surface area contributed by atoms with Gasteiger partial charge in [-0.25, -0.2) is 13.1 Å². The average molecular weight is 279 g/mol. The second kappa shape index (κ2) is 5.54. The molecule has 0 aliphatic carbocycles. The maximum atomic E-state index is 11.4. The van der Waals surface area contributed by atoms with Crippen LogP contribution in [0.15, 0.2) is 42.7 Å². The molecular formula is C13H17N3O2S. The Balaban J connectivity index is 2.25. The molecule has 0 saturated carbocycles. The van der Waals surface area contributed by atoms with Crippen molar-refractivity contribution in [2.75, 3.05) is 19.1 Å². The van der Waals surface area contributed by atoms with Crippen molar-refractivity contribution in [2.45, 2.75) is 6.04 Å². The van der Waals surface area contributed by atoms with Crippen molar-refractivity contribution in [3.63, 3.8) is 0 Å². The molecule has 102 valence electrons. The number of benzene rings is 1. The molecule has 2 rings (SSSR count). The van der Waals surface area contributed by atoms with Crippen molar-refractivity contribution in [3.8, 4) is 5.69 Å². The van der Waals surface area contributed by atoms with Crippen LogP contribution in [0.5, 0.6) is 0 Å². The smallest absolute Gasteiger partial charge is 0.149 e. The van der Waals surface area contributed by atoms with Crippen LogP contribution in [-0.4, -0.2) is 37.3 Å². The second-order valence-electron chi connectivity index (χ2n) is 4.49. The van der Waals surface area contributed by atoms with Gasteiger partial charge >= 0.3 is 0 Å². The van der Waals surface area contributed by atoms with Crippen LogP contribution >= 0.6 is 0 Å². The molecule has 1 atom stereocenters. The van der Waals surface area contributed by atoms with E-state index in [9.17, 15) is 8.42 Å². The summed E-state index contributed by atoms with van der Waals surface area (Å²) in [4.78, 5) is 0. The van der Waals surface area contributed by atoms with Gasteiger partial charge in [0, 0.05) is 24.1 Å². The van der Waals surface area contributed by atoms with Gasteiger partial charge in [-0.2, -0.15) is 5.10 Å². The fourth-order valence-corrected chi connectivity index (χ4v) is 2.85. The first-order chi connectivity index (χ1) is 8.99. The topological polar surface area (TPSA) is 64.0 Å². The first-order valence-corrected chi connectivity index (χ1v) is 8.00. The summed E-state index contributed by atoms with van der Waals surface area (Å²) in [5.41, 5.74) is 1.81. The van der Waals surface area contributed by atoms with E-state index in [1.807, 2.05) is 36.5 Å². The maximum Gasteiger partial charge on any atom is 0.149 e. The minimum atomic E-state index is -3.04. The van der Waals surface area contributed by atoms with Gasteiger partial charge in [0.25, 0.3) is 0 Å². The Morgan fingerprint density at radius 1 is 1.32 bits per heavy atom. The van der Waals surface area contributed by atoms with Gasteiger partial charge in [0.15, 0.2) is 0 Å². The van der Waals surface area contributed by atoms with Crippen molar-refractivity contribution < 1.29 is 8.42 Å². The van der Waals surface area contributed by atoms with Crippen LogP contribution < -0.4 is 5.32 Å². The number of hydrogen-bond acceptors (Lipinski definition) is 4. The third-order valence-electron chi connectivity index (χ3n) is 2.84. The van der Waals surface area contributed by atoms with E-state index in [0.29, 0.717) is 0 Å². The summed E-state index contributed by atoms with van der Waals surface area (Å²) in [5, 5.41) is 7.27. The molecule has 0 bridgehead atoms. The van der Waals surface area contributed by atoms with E-state index in [1.165, 1.54) is 6.26 Å². The fourth-order valence-electron chi connectivity index (χ4n) is 1.89. The summed E-state index contributed by atoms with van der Waals surface area (Å²) in [5.74, 6) is 0.0595. The van der Waals surface area contributed by atoms with Gasteiger partial charge in [-0.1, -0.05) is 18.2 Å². The number of sulfone groups is 1. The first kappa shape index (κ1) is 13.8. The molecule has 1 N–H and O–H groups in total. The largest absolute Gasteiger partial charge is 0.312 e. The summed E-state index contributed by atoms with van der Waals surface area (Å²) in [7, 11) is -1.29. The molecule has 5 nitrogen and oxygen atoms in total. The lowest BCUT2D eigenvalue weighted by molar-refractivity contribution is 0.579. The SMILES string of the molecule is CNC(CS(C)(=O)=O)c1cnn(-c2ccccc2)c1. The number of nitrogens with zero attached hydrogens (tertiary/aromatic N) is 2. The molecule has 19 heavy (non-hydrogen) atoms. The van der Waals surface area contributed by atoms with Crippen LogP contribution in [0.2, 0.25) is 0 Å². The molecule has 0 amide bonds. The Bertz CT molecular complexity index is 635. The molecule has 0 saturated heterocycles. The van der Waals surface area contributed by atoms with Crippen LogP contribution in [0, 0.1) is 0 Å². The van der Waals surface area contributed by atoms with E-state index in [0.717, 1.165) is 11.3 Å². The summed E-state index contributed by atoms with van der Waals surface area (Å²) in [6.07, 6.45) is 4.78. The van der Waals surface area contributed by atoms with E-state index in [4.69, 9.17) is 0 Å². The molecule has 0 aliphatic rings.